The lowest BCUT2D eigenvalue weighted by molar-refractivity contribution is -0.123. The number of hydrogen-bond donors (Lipinski definition) is 3. The van der Waals surface area contributed by atoms with Gasteiger partial charge in [-0.15, -0.1) is 0 Å². The normalized spacial score (nSPS) is 12.0. The topological polar surface area (TPSA) is 106 Å². The van der Waals surface area contributed by atoms with Gasteiger partial charge in [0.15, 0.2) is 0 Å². The molecule has 0 unspecified atom stereocenters. The van der Waals surface area contributed by atoms with Gasteiger partial charge >= 0.3 is 12.2 Å². The van der Waals surface area contributed by atoms with E-state index in [0.29, 0.717) is 6.42 Å². The molecule has 0 aliphatic heterocycles. The first-order valence-electron chi connectivity index (χ1n) is 12.3. The molecule has 37 heavy (non-hydrogen) atoms. The predicted molar refractivity (Wildman–Crippen MR) is 141 cm³/mol. The molecule has 3 amide bonds. The van der Waals surface area contributed by atoms with Crippen molar-refractivity contribution in [1.29, 1.82) is 0 Å². The molecule has 0 aliphatic rings. The molecule has 0 saturated carbocycles. The largest absolute Gasteiger partial charge is 0.445 e. The van der Waals surface area contributed by atoms with Crippen LogP contribution in [-0.4, -0.2) is 36.7 Å². The molecule has 0 fully saturated rings. The zero-order valence-corrected chi connectivity index (χ0v) is 20.9. The smallest absolute Gasteiger partial charge is 0.408 e. The maximum atomic E-state index is 13.0. The molecule has 0 aliphatic carbocycles. The van der Waals surface area contributed by atoms with Gasteiger partial charge in [0.2, 0.25) is 5.91 Å². The lowest BCUT2D eigenvalue weighted by Gasteiger charge is -2.21. The molecule has 3 aromatic carbocycles. The Labute approximate surface area is 217 Å². The van der Waals surface area contributed by atoms with Crippen molar-refractivity contribution in [2.45, 2.75) is 45.1 Å². The Balaban J connectivity index is 1.51. The lowest BCUT2D eigenvalue weighted by atomic mass is 10.1. The number of amides is 3. The number of nitrogens with one attached hydrogen (secondary N) is 3. The van der Waals surface area contributed by atoms with E-state index in [2.05, 4.69) is 16.0 Å². The molecule has 0 saturated heterocycles. The van der Waals surface area contributed by atoms with Crippen molar-refractivity contribution in [2.75, 3.05) is 6.54 Å². The SMILES string of the molecule is C[C@@H](Cc1ccccc1)NC(=O)[C@H](CCNC(=O)OCc1ccccc1)NC(=O)OCc1ccccc1. The molecule has 3 rings (SSSR count). The van der Waals surface area contributed by atoms with Gasteiger partial charge in [-0.25, -0.2) is 9.59 Å². The van der Waals surface area contributed by atoms with E-state index in [1.54, 1.807) is 0 Å². The Bertz CT molecular complexity index is 1110. The Morgan fingerprint density at radius 1 is 0.676 bits per heavy atom. The predicted octanol–water partition coefficient (Wildman–Crippen LogP) is 4.35. The monoisotopic (exact) mass is 503 g/mol. The van der Waals surface area contributed by atoms with E-state index < -0.39 is 18.2 Å². The lowest BCUT2D eigenvalue weighted by Crippen LogP contribution is -2.50. The average Bonchev–Trinajstić information content (AvgIpc) is 2.92. The molecule has 0 radical (unpaired) electrons. The molecule has 2 atom stereocenters. The number of carbonyl (C=O) groups excluding carboxylic acids is 3. The van der Waals surface area contributed by atoms with Crippen LogP contribution in [0.1, 0.15) is 30.0 Å². The summed E-state index contributed by atoms with van der Waals surface area (Å²) in [6.45, 7) is 2.24. The Hall–Kier alpha value is -4.33. The minimum absolute atomic E-state index is 0.0789. The second kappa shape index (κ2) is 14.9. The van der Waals surface area contributed by atoms with E-state index in [4.69, 9.17) is 9.47 Å². The van der Waals surface area contributed by atoms with Gasteiger partial charge in [-0.2, -0.15) is 0 Å². The van der Waals surface area contributed by atoms with Crippen molar-refractivity contribution in [1.82, 2.24) is 16.0 Å². The molecule has 8 heteroatoms. The van der Waals surface area contributed by atoms with Gasteiger partial charge in [-0.3, -0.25) is 4.79 Å². The number of rotatable bonds is 12. The summed E-state index contributed by atoms with van der Waals surface area (Å²) in [6, 6.07) is 27.3. The van der Waals surface area contributed by atoms with Crippen LogP contribution in [0, 0.1) is 0 Å². The van der Waals surface area contributed by atoms with Crippen molar-refractivity contribution in [3.8, 4) is 0 Å². The highest BCUT2D eigenvalue weighted by Gasteiger charge is 2.23. The number of ether oxygens (including phenoxy) is 2. The van der Waals surface area contributed by atoms with Crippen LogP contribution in [0.3, 0.4) is 0 Å². The number of benzene rings is 3. The van der Waals surface area contributed by atoms with Crippen molar-refractivity contribution in [3.05, 3.63) is 108 Å². The highest BCUT2D eigenvalue weighted by atomic mass is 16.6. The van der Waals surface area contributed by atoms with Gasteiger partial charge in [0.1, 0.15) is 19.3 Å². The van der Waals surface area contributed by atoms with Crippen LogP contribution in [0.4, 0.5) is 9.59 Å². The summed E-state index contributed by atoms with van der Waals surface area (Å²) in [6.07, 6.45) is -0.523. The van der Waals surface area contributed by atoms with Crippen molar-refractivity contribution in [2.24, 2.45) is 0 Å². The first-order chi connectivity index (χ1) is 18.0. The number of carbonyl (C=O) groups is 3. The zero-order chi connectivity index (χ0) is 26.3. The molecule has 3 aromatic rings. The fourth-order valence-electron chi connectivity index (χ4n) is 3.63. The van der Waals surface area contributed by atoms with Crippen LogP contribution < -0.4 is 16.0 Å². The third-order valence-corrected chi connectivity index (χ3v) is 5.51. The van der Waals surface area contributed by atoms with Crippen LogP contribution in [0.15, 0.2) is 91.0 Å². The van der Waals surface area contributed by atoms with E-state index in [-0.39, 0.29) is 38.1 Å². The molecule has 3 N–H and O–H groups in total. The minimum atomic E-state index is -0.907. The molecule has 194 valence electrons. The third kappa shape index (κ3) is 10.4. The highest BCUT2D eigenvalue weighted by Crippen LogP contribution is 2.05. The second-order valence-corrected chi connectivity index (χ2v) is 8.64. The Morgan fingerprint density at radius 3 is 1.70 bits per heavy atom. The molecular weight excluding hydrogens is 470 g/mol. The quantitative estimate of drug-likeness (QED) is 0.341. The second-order valence-electron chi connectivity index (χ2n) is 8.64. The van der Waals surface area contributed by atoms with E-state index in [1.165, 1.54) is 0 Å². The Kier molecular flexibility index (Phi) is 11.0. The van der Waals surface area contributed by atoms with Crippen LogP contribution in [0.2, 0.25) is 0 Å². The molecule has 0 heterocycles. The van der Waals surface area contributed by atoms with Crippen molar-refractivity contribution in [3.63, 3.8) is 0 Å². The summed E-state index contributed by atoms with van der Waals surface area (Å²) >= 11 is 0. The summed E-state index contributed by atoms with van der Waals surface area (Å²) in [7, 11) is 0. The maximum absolute atomic E-state index is 13.0. The van der Waals surface area contributed by atoms with Gasteiger partial charge in [-0.1, -0.05) is 91.0 Å². The summed E-state index contributed by atoms with van der Waals surface area (Å²) in [4.78, 5) is 37.5. The molecule has 8 nitrogen and oxygen atoms in total. The molecule has 0 bridgehead atoms. The average molecular weight is 504 g/mol. The van der Waals surface area contributed by atoms with Crippen LogP contribution in [-0.2, 0) is 33.9 Å². The van der Waals surface area contributed by atoms with Gasteiger partial charge in [0, 0.05) is 12.6 Å². The molecule has 0 aromatic heterocycles. The van der Waals surface area contributed by atoms with E-state index in [0.717, 1.165) is 16.7 Å². The first-order valence-corrected chi connectivity index (χ1v) is 12.3. The Morgan fingerprint density at radius 2 is 1.16 bits per heavy atom. The molecular formula is C29H33N3O5. The van der Waals surface area contributed by atoms with Crippen LogP contribution in [0.5, 0.6) is 0 Å². The summed E-state index contributed by atoms with van der Waals surface area (Å²) in [5.74, 6) is -0.362. The number of hydrogen-bond acceptors (Lipinski definition) is 5. The van der Waals surface area contributed by atoms with Crippen LogP contribution in [0.25, 0.3) is 0 Å². The standard InChI is InChI=1S/C29H33N3O5/c1-22(19-23-11-5-2-6-12-23)31-27(33)26(32-29(35)37-21-25-15-9-4-10-16-25)17-18-30-28(34)36-20-24-13-7-3-8-14-24/h2-16,22,26H,17-21H2,1H3,(H,30,34)(H,31,33)(H,32,35)/t22-,26-/m0/s1. The minimum Gasteiger partial charge on any atom is -0.445 e. The third-order valence-electron chi connectivity index (χ3n) is 5.51. The first kappa shape index (κ1) is 27.3. The van der Waals surface area contributed by atoms with E-state index >= 15 is 0 Å². The van der Waals surface area contributed by atoms with Crippen molar-refractivity contribution < 1.29 is 23.9 Å². The highest BCUT2D eigenvalue weighted by molar-refractivity contribution is 5.85. The zero-order valence-electron chi connectivity index (χ0n) is 20.9. The number of alkyl carbamates (subject to hydrolysis) is 2. The summed E-state index contributed by atoms with van der Waals surface area (Å²) in [5, 5.41) is 8.19. The van der Waals surface area contributed by atoms with Gasteiger partial charge < -0.3 is 25.4 Å². The van der Waals surface area contributed by atoms with E-state index in [9.17, 15) is 14.4 Å². The van der Waals surface area contributed by atoms with Crippen LogP contribution >= 0.6 is 0 Å². The summed E-state index contributed by atoms with van der Waals surface area (Å²) in [5.41, 5.74) is 2.79. The maximum Gasteiger partial charge on any atom is 0.408 e. The van der Waals surface area contributed by atoms with Gasteiger partial charge in [-0.05, 0) is 36.5 Å². The van der Waals surface area contributed by atoms with Gasteiger partial charge in [0.25, 0.3) is 0 Å². The fourth-order valence-corrected chi connectivity index (χ4v) is 3.63. The summed E-state index contributed by atoms with van der Waals surface area (Å²) < 4.78 is 10.5. The fraction of sp³-hybridized carbons (Fsp3) is 0.276. The van der Waals surface area contributed by atoms with Crippen molar-refractivity contribution >= 4 is 18.1 Å². The molecule has 0 spiro atoms. The van der Waals surface area contributed by atoms with Gasteiger partial charge in [0.05, 0.1) is 0 Å². The van der Waals surface area contributed by atoms with E-state index in [1.807, 2.05) is 97.9 Å².